The lowest BCUT2D eigenvalue weighted by molar-refractivity contribution is 0.600. The molecular formula is C11H13ClN4O2S. The van der Waals surface area contributed by atoms with Crippen molar-refractivity contribution in [3.05, 3.63) is 35.9 Å². The molecule has 0 amide bonds. The predicted octanol–water partition coefficient (Wildman–Crippen LogP) is 2.07. The van der Waals surface area contributed by atoms with E-state index in [9.17, 15) is 8.42 Å². The number of benzene rings is 1. The molecule has 0 spiro atoms. The van der Waals surface area contributed by atoms with Crippen LogP contribution in [-0.2, 0) is 10.0 Å². The zero-order valence-electron chi connectivity index (χ0n) is 10.2. The molecule has 2 aromatic rings. The van der Waals surface area contributed by atoms with Gasteiger partial charge < -0.3 is 0 Å². The Balaban J connectivity index is 2.42. The standard InChI is InChI=1S/C11H13ClN4O2S/c1-2-5-19(17,18)15-10-6-9(12)3-4-11(10)16-8-13-7-14-16/h3-4,6-8,15H,2,5H2,1H3. The van der Waals surface area contributed by atoms with Crippen molar-refractivity contribution in [1.29, 1.82) is 0 Å². The molecule has 0 aliphatic rings. The first-order chi connectivity index (χ1) is 9.02. The Kier molecular flexibility index (Phi) is 4.06. The summed E-state index contributed by atoms with van der Waals surface area (Å²) in [6.07, 6.45) is 3.40. The van der Waals surface area contributed by atoms with Crippen molar-refractivity contribution >= 4 is 27.3 Å². The van der Waals surface area contributed by atoms with E-state index in [2.05, 4.69) is 14.8 Å². The number of nitrogens with one attached hydrogen (secondary N) is 1. The summed E-state index contributed by atoms with van der Waals surface area (Å²) in [5.74, 6) is 0.0519. The van der Waals surface area contributed by atoms with Crippen molar-refractivity contribution in [1.82, 2.24) is 14.8 Å². The van der Waals surface area contributed by atoms with Crippen LogP contribution in [0.25, 0.3) is 5.69 Å². The van der Waals surface area contributed by atoms with Crippen LogP contribution in [0.5, 0.6) is 0 Å². The maximum absolute atomic E-state index is 11.8. The van der Waals surface area contributed by atoms with E-state index in [0.717, 1.165) is 0 Å². The molecule has 19 heavy (non-hydrogen) atoms. The molecule has 0 saturated carbocycles. The monoisotopic (exact) mass is 300 g/mol. The van der Waals surface area contributed by atoms with Gasteiger partial charge in [0.25, 0.3) is 0 Å². The van der Waals surface area contributed by atoms with Gasteiger partial charge in [-0.25, -0.2) is 18.1 Å². The van der Waals surface area contributed by atoms with Gasteiger partial charge in [-0.1, -0.05) is 18.5 Å². The third kappa shape index (κ3) is 3.45. The van der Waals surface area contributed by atoms with Gasteiger partial charge in [0, 0.05) is 5.02 Å². The molecule has 0 aliphatic carbocycles. The van der Waals surface area contributed by atoms with Crippen LogP contribution in [-0.4, -0.2) is 28.9 Å². The molecule has 0 radical (unpaired) electrons. The lowest BCUT2D eigenvalue weighted by Gasteiger charge is -2.12. The lowest BCUT2D eigenvalue weighted by Crippen LogP contribution is -2.17. The fourth-order valence-corrected chi connectivity index (χ4v) is 2.92. The van der Waals surface area contributed by atoms with Gasteiger partial charge in [0.2, 0.25) is 10.0 Å². The van der Waals surface area contributed by atoms with E-state index in [1.54, 1.807) is 25.1 Å². The molecule has 0 atom stereocenters. The minimum atomic E-state index is -3.39. The highest BCUT2D eigenvalue weighted by molar-refractivity contribution is 7.92. The number of rotatable bonds is 5. The van der Waals surface area contributed by atoms with Gasteiger partial charge in [-0.15, -0.1) is 0 Å². The SMILES string of the molecule is CCCS(=O)(=O)Nc1cc(Cl)ccc1-n1cncn1. The molecule has 0 fully saturated rings. The van der Waals surface area contributed by atoms with E-state index in [1.807, 2.05) is 0 Å². The first-order valence-electron chi connectivity index (χ1n) is 5.67. The fourth-order valence-electron chi connectivity index (χ4n) is 1.61. The van der Waals surface area contributed by atoms with Gasteiger partial charge in [0.1, 0.15) is 12.7 Å². The maximum Gasteiger partial charge on any atom is 0.232 e. The van der Waals surface area contributed by atoms with Crippen LogP contribution >= 0.6 is 11.6 Å². The highest BCUT2D eigenvalue weighted by Gasteiger charge is 2.13. The summed E-state index contributed by atoms with van der Waals surface area (Å²) >= 11 is 5.90. The zero-order valence-corrected chi connectivity index (χ0v) is 11.8. The highest BCUT2D eigenvalue weighted by Crippen LogP contribution is 2.25. The van der Waals surface area contributed by atoms with E-state index in [-0.39, 0.29) is 5.75 Å². The van der Waals surface area contributed by atoms with E-state index in [1.165, 1.54) is 17.3 Å². The number of hydrogen-bond donors (Lipinski definition) is 1. The first kappa shape index (κ1) is 13.8. The quantitative estimate of drug-likeness (QED) is 0.917. The molecule has 1 aromatic carbocycles. The highest BCUT2D eigenvalue weighted by atomic mass is 35.5. The molecule has 1 aromatic heterocycles. The maximum atomic E-state index is 11.8. The van der Waals surface area contributed by atoms with Crippen LogP contribution in [0.2, 0.25) is 5.02 Å². The van der Waals surface area contributed by atoms with Crippen molar-refractivity contribution in [3.8, 4) is 5.69 Å². The third-order valence-corrected chi connectivity index (χ3v) is 4.07. The average molecular weight is 301 g/mol. The van der Waals surface area contributed by atoms with Crippen LogP contribution in [0.4, 0.5) is 5.69 Å². The second-order valence-corrected chi connectivity index (χ2v) is 6.20. The Morgan fingerprint density at radius 2 is 2.21 bits per heavy atom. The van der Waals surface area contributed by atoms with E-state index in [4.69, 9.17) is 11.6 Å². The van der Waals surface area contributed by atoms with Crippen molar-refractivity contribution in [3.63, 3.8) is 0 Å². The molecule has 0 saturated heterocycles. The number of nitrogens with zero attached hydrogens (tertiary/aromatic N) is 3. The van der Waals surface area contributed by atoms with Crippen LogP contribution < -0.4 is 4.72 Å². The molecule has 2 rings (SSSR count). The molecule has 1 heterocycles. The smallest absolute Gasteiger partial charge is 0.232 e. The molecule has 0 unspecified atom stereocenters. The van der Waals surface area contributed by atoms with Crippen molar-refractivity contribution in [2.75, 3.05) is 10.5 Å². The number of hydrogen-bond acceptors (Lipinski definition) is 4. The summed E-state index contributed by atoms with van der Waals surface area (Å²) in [4.78, 5) is 3.84. The van der Waals surface area contributed by atoms with E-state index >= 15 is 0 Å². The second kappa shape index (κ2) is 5.58. The van der Waals surface area contributed by atoms with Crippen molar-refractivity contribution in [2.24, 2.45) is 0 Å². The van der Waals surface area contributed by atoms with Gasteiger partial charge in [-0.2, -0.15) is 5.10 Å². The summed E-state index contributed by atoms with van der Waals surface area (Å²) < 4.78 is 27.7. The third-order valence-electron chi connectivity index (χ3n) is 2.36. The van der Waals surface area contributed by atoms with Crippen molar-refractivity contribution in [2.45, 2.75) is 13.3 Å². The fraction of sp³-hybridized carbons (Fsp3) is 0.273. The Morgan fingerprint density at radius 3 is 2.84 bits per heavy atom. The molecule has 0 bridgehead atoms. The minimum absolute atomic E-state index is 0.0519. The molecule has 0 aliphatic heterocycles. The lowest BCUT2D eigenvalue weighted by atomic mass is 10.3. The summed E-state index contributed by atoms with van der Waals surface area (Å²) in [7, 11) is -3.39. The normalized spacial score (nSPS) is 11.5. The Morgan fingerprint density at radius 1 is 1.42 bits per heavy atom. The van der Waals surface area contributed by atoms with E-state index in [0.29, 0.717) is 22.8 Å². The number of aromatic nitrogens is 3. The van der Waals surface area contributed by atoms with Gasteiger partial charge in [0.05, 0.1) is 17.1 Å². The van der Waals surface area contributed by atoms with E-state index < -0.39 is 10.0 Å². The minimum Gasteiger partial charge on any atom is -0.281 e. The molecule has 6 nitrogen and oxygen atoms in total. The zero-order chi connectivity index (χ0) is 13.9. The molecule has 102 valence electrons. The average Bonchev–Trinajstić information content (AvgIpc) is 2.81. The summed E-state index contributed by atoms with van der Waals surface area (Å²) in [6.45, 7) is 1.80. The van der Waals surface area contributed by atoms with Gasteiger partial charge in [-0.05, 0) is 24.6 Å². The topological polar surface area (TPSA) is 76.9 Å². The van der Waals surface area contributed by atoms with Gasteiger partial charge >= 0.3 is 0 Å². The van der Waals surface area contributed by atoms with Gasteiger partial charge in [0.15, 0.2) is 0 Å². The predicted molar refractivity (Wildman–Crippen MR) is 74.1 cm³/mol. The number of sulfonamides is 1. The molecule has 1 N–H and O–H groups in total. The first-order valence-corrected chi connectivity index (χ1v) is 7.70. The second-order valence-electron chi connectivity index (χ2n) is 3.92. The summed E-state index contributed by atoms with van der Waals surface area (Å²) in [5.41, 5.74) is 0.952. The van der Waals surface area contributed by atoms with Crippen LogP contribution in [0, 0.1) is 0 Å². The largest absolute Gasteiger partial charge is 0.281 e. The molecule has 8 heteroatoms. The molecular weight excluding hydrogens is 288 g/mol. The Hall–Kier alpha value is -1.60. The van der Waals surface area contributed by atoms with Crippen LogP contribution in [0.1, 0.15) is 13.3 Å². The Labute approximate surface area is 116 Å². The number of anilines is 1. The number of halogens is 1. The summed E-state index contributed by atoms with van der Waals surface area (Å²) in [6, 6.07) is 4.89. The van der Waals surface area contributed by atoms with Crippen molar-refractivity contribution < 1.29 is 8.42 Å². The van der Waals surface area contributed by atoms with Crippen LogP contribution in [0.3, 0.4) is 0 Å². The van der Waals surface area contributed by atoms with Crippen LogP contribution in [0.15, 0.2) is 30.9 Å². The summed E-state index contributed by atoms with van der Waals surface area (Å²) in [5, 5.41) is 4.42. The Bertz CT molecular complexity index is 655. The van der Waals surface area contributed by atoms with Gasteiger partial charge in [-0.3, -0.25) is 4.72 Å².